The van der Waals surface area contributed by atoms with Crippen LogP contribution in [0.5, 0.6) is 0 Å². The number of hydrogen-bond donors (Lipinski definition) is 0. The molecule has 0 saturated carbocycles. The number of rotatable bonds is 0. The molecule has 0 aromatic carbocycles. The number of aromatic nitrogens is 1. The third-order valence-corrected chi connectivity index (χ3v) is 3.49. The molecule has 0 amide bonds. The Bertz CT molecular complexity index is 609. The van der Waals surface area contributed by atoms with Gasteiger partial charge in [0.1, 0.15) is 4.83 Å². The number of fused-ring (bicyclic) bond motifs is 1. The van der Waals surface area contributed by atoms with Crippen molar-refractivity contribution in [1.82, 2.24) is 4.57 Å². The van der Waals surface area contributed by atoms with E-state index in [0.29, 0.717) is 4.83 Å². The van der Waals surface area contributed by atoms with Gasteiger partial charge < -0.3 is 4.57 Å². The first-order valence-electron chi connectivity index (χ1n) is 4.48. The molecule has 0 aliphatic carbocycles. The largest absolute Gasteiger partial charge is 0.417 e. The van der Waals surface area contributed by atoms with E-state index in [1.807, 2.05) is 0 Å². The van der Waals surface area contributed by atoms with Gasteiger partial charge in [0.25, 0.3) is 5.56 Å². The second-order valence-electron chi connectivity index (χ2n) is 3.50. The van der Waals surface area contributed by atoms with Crippen molar-refractivity contribution >= 4 is 21.6 Å². The number of halogens is 3. The Hall–Kier alpha value is -1.30. The summed E-state index contributed by atoms with van der Waals surface area (Å²) >= 11 is 1.13. The van der Waals surface area contributed by atoms with Crippen LogP contribution in [0.4, 0.5) is 13.2 Å². The molecule has 2 aromatic heterocycles. The molecule has 0 spiro atoms. The van der Waals surface area contributed by atoms with Crippen LogP contribution in [0.15, 0.2) is 16.2 Å². The maximum atomic E-state index is 12.8. The van der Waals surface area contributed by atoms with Crippen LogP contribution in [0, 0.1) is 6.92 Å². The second-order valence-corrected chi connectivity index (χ2v) is 4.40. The first-order chi connectivity index (χ1) is 7.34. The molecular formula is C10H8F3NOS. The zero-order valence-electron chi connectivity index (χ0n) is 8.55. The molecular weight excluding hydrogens is 239 g/mol. The minimum Gasteiger partial charge on any atom is -0.303 e. The summed E-state index contributed by atoms with van der Waals surface area (Å²) in [7, 11) is 1.48. The van der Waals surface area contributed by atoms with Crippen LogP contribution in [-0.2, 0) is 13.2 Å². The van der Waals surface area contributed by atoms with Crippen molar-refractivity contribution in [1.29, 1.82) is 0 Å². The topological polar surface area (TPSA) is 22.0 Å². The quantitative estimate of drug-likeness (QED) is 0.701. The summed E-state index contributed by atoms with van der Waals surface area (Å²) in [6.45, 7) is 1.21. The highest BCUT2D eigenvalue weighted by molar-refractivity contribution is 7.16. The van der Waals surface area contributed by atoms with Gasteiger partial charge in [-0.3, -0.25) is 4.79 Å². The smallest absolute Gasteiger partial charge is 0.303 e. The lowest BCUT2D eigenvalue weighted by Gasteiger charge is -2.13. The van der Waals surface area contributed by atoms with Crippen LogP contribution in [-0.4, -0.2) is 4.57 Å². The average molecular weight is 247 g/mol. The summed E-state index contributed by atoms with van der Waals surface area (Å²) in [6.07, 6.45) is -4.49. The summed E-state index contributed by atoms with van der Waals surface area (Å²) in [6, 6.07) is 1.40. The molecule has 2 heterocycles. The molecule has 86 valence electrons. The molecule has 0 saturated heterocycles. The summed E-state index contributed by atoms with van der Waals surface area (Å²) in [5.74, 6) is 0. The van der Waals surface area contributed by atoms with Crippen molar-refractivity contribution in [3.05, 3.63) is 32.9 Å². The van der Waals surface area contributed by atoms with Gasteiger partial charge >= 0.3 is 6.18 Å². The van der Waals surface area contributed by atoms with E-state index in [2.05, 4.69) is 0 Å². The number of aryl methyl sites for hydroxylation is 1. The molecule has 2 rings (SSSR count). The lowest BCUT2D eigenvalue weighted by molar-refractivity contribution is -0.136. The SMILES string of the molecule is Cc1c(C(F)(F)F)c2ccsc2n(C)c1=O. The molecule has 2 nitrogen and oxygen atoms in total. The van der Waals surface area contributed by atoms with Gasteiger partial charge in [-0.05, 0) is 18.4 Å². The van der Waals surface area contributed by atoms with Crippen molar-refractivity contribution in [2.75, 3.05) is 0 Å². The number of thiophene rings is 1. The zero-order valence-corrected chi connectivity index (χ0v) is 9.37. The van der Waals surface area contributed by atoms with E-state index in [4.69, 9.17) is 0 Å². The first-order valence-corrected chi connectivity index (χ1v) is 5.36. The molecule has 0 aliphatic rings. The van der Waals surface area contributed by atoms with Crippen LogP contribution in [0.1, 0.15) is 11.1 Å². The predicted octanol–water partition coefficient (Wildman–Crippen LogP) is 2.93. The standard InChI is InChI=1S/C10H8F3NOS/c1-5-7(10(11,12)13)6-3-4-16-9(6)14(2)8(5)15/h3-4H,1-2H3. The number of alkyl halides is 3. The van der Waals surface area contributed by atoms with Crippen LogP contribution in [0.25, 0.3) is 10.2 Å². The molecule has 0 unspecified atom stereocenters. The second kappa shape index (κ2) is 3.35. The molecule has 0 bridgehead atoms. The molecule has 0 radical (unpaired) electrons. The molecule has 0 N–H and O–H groups in total. The number of hydrogen-bond acceptors (Lipinski definition) is 2. The third-order valence-electron chi connectivity index (χ3n) is 2.50. The van der Waals surface area contributed by atoms with Crippen molar-refractivity contribution in [3.8, 4) is 0 Å². The first kappa shape index (κ1) is 11.2. The van der Waals surface area contributed by atoms with E-state index in [9.17, 15) is 18.0 Å². The monoisotopic (exact) mass is 247 g/mol. The Morgan fingerprint density at radius 2 is 2.00 bits per heavy atom. The van der Waals surface area contributed by atoms with Gasteiger partial charge in [-0.1, -0.05) is 0 Å². The van der Waals surface area contributed by atoms with Crippen LogP contribution in [0.2, 0.25) is 0 Å². The van der Waals surface area contributed by atoms with Gasteiger partial charge in [0, 0.05) is 18.0 Å². The van der Waals surface area contributed by atoms with Gasteiger partial charge in [0.15, 0.2) is 0 Å². The van der Waals surface area contributed by atoms with Crippen LogP contribution >= 0.6 is 11.3 Å². The fraction of sp³-hybridized carbons (Fsp3) is 0.300. The molecule has 16 heavy (non-hydrogen) atoms. The maximum Gasteiger partial charge on any atom is 0.417 e. The summed E-state index contributed by atoms with van der Waals surface area (Å²) in [5.41, 5.74) is -1.66. The number of pyridine rings is 1. The minimum atomic E-state index is -4.49. The van der Waals surface area contributed by atoms with E-state index < -0.39 is 17.3 Å². The maximum absolute atomic E-state index is 12.8. The van der Waals surface area contributed by atoms with E-state index >= 15 is 0 Å². The minimum absolute atomic E-state index is 0.0945. The Labute approximate surface area is 92.9 Å². The Morgan fingerprint density at radius 3 is 2.56 bits per heavy atom. The molecule has 0 fully saturated rings. The lowest BCUT2D eigenvalue weighted by atomic mass is 10.1. The fourth-order valence-electron chi connectivity index (χ4n) is 1.77. The highest BCUT2D eigenvalue weighted by Crippen LogP contribution is 2.37. The van der Waals surface area contributed by atoms with E-state index in [-0.39, 0.29) is 10.9 Å². The van der Waals surface area contributed by atoms with E-state index in [0.717, 1.165) is 11.3 Å². The molecule has 2 aromatic rings. The summed E-state index contributed by atoms with van der Waals surface area (Å²) in [4.78, 5) is 12.0. The predicted molar refractivity (Wildman–Crippen MR) is 56.8 cm³/mol. The Balaban J connectivity index is 3.03. The van der Waals surface area contributed by atoms with Crippen LogP contribution < -0.4 is 5.56 Å². The highest BCUT2D eigenvalue weighted by Gasteiger charge is 2.36. The lowest BCUT2D eigenvalue weighted by Crippen LogP contribution is -2.24. The van der Waals surface area contributed by atoms with Gasteiger partial charge in [0.05, 0.1) is 5.56 Å². The van der Waals surface area contributed by atoms with E-state index in [1.54, 1.807) is 5.38 Å². The van der Waals surface area contributed by atoms with Gasteiger partial charge in [-0.25, -0.2) is 0 Å². The average Bonchev–Trinajstić information content (AvgIpc) is 2.61. The van der Waals surface area contributed by atoms with Crippen LogP contribution in [0.3, 0.4) is 0 Å². The fourth-order valence-corrected chi connectivity index (χ4v) is 2.64. The third kappa shape index (κ3) is 1.44. The highest BCUT2D eigenvalue weighted by atomic mass is 32.1. The molecule has 6 heteroatoms. The number of nitrogens with zero attached hydrogens (tertiary/aromatic N) is 1. The van der Waals surface area contributed by atoms with Crippen molar-refractivity contribution < 1.29 is 13.2 Å². The molecule has 0 atom stereocenters. The summed E-state index contributed by atoms with van der Waals surface area (Å²) in [5, 5.41) is 1.65. The summed E-state index contributed by atoms with van der Waals surface area (Å²) < 4.78 is 39.7. The van der Waals surface area contributed by atoms with Gasteiger partial charge in [-0.15, -0.1) is 11.3 Å². The van der Waals surface area contributed by atoms with Gasteiger partial charge in [-0.2, -0.15) is 13.2 Å². The zero-order chi connectivity index (χ0) is 12.1. The normalized spacial score (nSPS) is 12.3. The Morgan fingerprint density at radius 1 is 1.38 bits per heavy atom. The molecule has 0 aliphatic heterocycles. The van der Waals surface area contributed by atoms with Crippen molar-refractivity contribution in [2.45, 2.75) is 13.1 Å². The van der Waals surface area contributed by atoms with Crippen molar-refractivity contribution in [2.24, 2.45) is 7.05 Å². The van der Waals surface area contributed by atoms with Gasteiger partial charge in [0.2, 0.25) is 0 Å². The van der Waals surface area contributed by atoms with E-state index in [1.165, 1.54) is 24.6 Å². The Kier molecular flexibility index (Phi) is 2.34. The van der Waals surface area contributed by atoms with Crippen molar-refractivity contribution in [3.63, 3.8) is 0 Å².